The van der Waals surface area contributed by atoms with E-state index in [4.69, 9.17) is 16.0 Å². The van der Waals surface area contributed by atoms with Crippen molar-refractivity contribution in [3.05, 3.63) is 40.7 Å². The Bertz CT molecular complexity index is 637. The van der Waals surface area contributed by atoms with Gasteiger partial charge in [0, 0.05) is 5.02 Å². The van der Waals surface area contributed by atoms with E-state index in [0.717, 1.165) is 24.9 Å². The monoisotopic (exact) mass is 306 g/mol. The molecule has 110 valence electrons. The number of nitrogens with zero attached hydrogens (tertiary/aromatic N) is 2. The molecule has 1 amide bonds. The number of amides is 1. The maximum Gasteiger partial charge on any atom is 0.322 e. The van der Waals surface area contributed by atoms with Crippen LogP contribution in [0.15, 0.2) is 28.7 Å². The summed E-state index contributed by atoms with van der Waals surface area (Å²) in [5, 5.41) is 14.3. The van der Waals surface area contributed by atoms with E-state index in [1.807, 2.05) is 12.1 Å². The van der Waals surface area contributed by atoms with Gasteiger partial charge in [-0.3, -0.25) is 10.1 Å². The quantitative estimate of drug-likeness (QED) is 0.906. The van der Waals surface area contributed by atoms with Crippen molar-refractivity contribution in [3.63, 3.8) is 0 Å². The summed E-state index contributed by atoms with van der Waals surface area (Å²) in [4.78, 5) is 11.9. The summed E-state index contributed by atoms with van der Waals surface area (Å²) in [6.45, 7) is 0.948. The Labute approximate surface area is 126 Å². The van der Waals surface area contributed by atoms with Crippen molar-refractivity contribution in [1.29, 1.82) is 0 Å². The number of aromatic nitrogens is 2. The minimum absolute atomic E-state index is 0.0936. The summed E-state index contributed by atoms with van der Waals surface area (Å²) in [5.74, 6) is 0.303. The maximum atomic E-state index is 11.9. The summed E-state index contributed by atoms with van der Waals surface area (Å²) in [6, 6.07) is 7.39. The molecule has 0 spiro atoms. The molecule has 0 saturated carbocycles. The van der Waals surface area contributed by atoms with Crippen molar-refractivity contribution >= 4 is 23.5 Å². The zero-order valence-corrected chi connectivity index (χ0v) is 12.1. The zero-order chi connectivity index (χ0) is 14.7. The Morgan fingerprint density at radius 1 is 1.48 bits per heavy atom. The van der Waals surface area contributed by atoms with E-state index in [2.05, 4.69) is 20.8 Å². The minimum Gasteiger partial charge on any atom is -0.406 e. The highest BCUT2D eigenvalue weighted by Gasteiger charge is 2.22. The van der Waals surface area contributed by atoms with Crippen molar-refractivity contribution in [3.8, 4) is 0 Å². The molecule has 1 saturated heterocycles. The second kappa shape index (κ2) is 6.24. The van der Waals surface area contributed by atoms with E-state index in [1.54, 1.807) is 12.1 Å². The molecular formula is C14H15ClN4O2. The molecule has 1 aliphatic rings. The molecule has 0 bridgehead atoms. The molecule has 2 aromatic rings. The van der Waals surface area contributed by atoms with Crippen LogP contribution in [0.3, 0.4) is 0 Å². The van der Waals surface area contributed by atoms with Crippen molar-refractivity contribution < 1.29 is 9.21 Å². The van der Waals surface area contributed by atoms with E-state index in [-0.39, 0.29) is 24.4 Å². The number of nitrogens with one attached hydrogen (secondary N) is 2. The largest absolute Gasteiger partial charge is 0.406 e. The first kappa shape index (κ1) is 14.0. The van der Waals surface area contributed by atoms with E-state index < -0.39 is 0 Å². The van der Waals surface area contributed by atoms with E-state index in [9.17, 15) is 4.79 Å². The van der Waals surface area contributed by atoms with Gasteiger partial charge in [0.15, 0.2) is 0 Å². The molecule has 1 unspecified atom stereocenters. The molecule has 7 heteroatoms. The molecule has 0 radical (unpaired) electrons. The maximum absolute atomic E-state index is 11.9. The summed E-state index contributed by atoms with van der Waals surface area (Å²) >= 11 is 5.88. The topological polar surface area (TPSA) is 80.0 Å². The Balaban J connectivity index is 1.59. The Morgan fingerprint density at radius 3 is 3.14 bits per heavy atom. The Hall–Kier alpha value is -1.92. The van der Waals surface area contributed by atoms with Crippen molar-refractivity contribution in [2.24, 2.45) is 0 Å². The van der Waals surface area contributed by atoms with Crippen LogP contribution in [0.25, 0.3) is 0 Å². The average Bonchev–Trinajstić information content (AvgIpc) is 3.08. The summed E-state index contributed by atoms with van der Waals surface area (Å²) in [6.07, 6.45) is 2.27. The van der Waals surface area contributed by atoms with Gasteiger partial charge in [0.05, 0.1) is 12.5 Å². The fourth-order valence-corrected chi connectivity index (χ4v) is 2.53. The number of halogens is 1. The Kier molecular flexibility index (Phi) is 4.17. The van der Waals surface area contributed by atoms with E-state index in [1.165, 1.54) is 0 Å². The van der Waals surface area contributed by atoms with Crippen LogP contribution >= 0.6 is 11.6 Å². The fourth-order valence-electron chi connectivity index (χ4n) is 2.32. The predicted molar refractivity (Wildman–Crippen MR) is 78.1 cm³/mol. The summed E-state index contributed by atoms with van der Waals surface area (Å²) in [7, 11) is 0. The molecular weight excluding hydrogens is 292 g/mol. The zero-order valence-electron chi connectivity index (χ0n) is 11.3. The highest BCUT2D eigenvalue weighted by Crippen LogP contribution is 2.22. The van der Waals surface area contributed by atoms with Crippen LogP contribution < -0.4 is 10.6 Å². The molecule has 1 atom stereocenters. The first-order valence-corrected chi connectivity index (χ1v) is 7.19. The molecule has 6 nitrogen and oxygen atoms in total. The van der Waals surface area contributed by atoms with E-state index in [0.29, 0.717) is 10.9 Å². The molecule has 1 aromatic heterocycles. The second-order valence-electron chi connectivity index (χ2n) is 4.95. The number of hydrogen-bond donors (Lipinski definition) is 2. The lowest BCUT2D eigenvalue weighted by molar-refractivity contribution is -0.115. The number of rotatable bonds is 4. The molecule has 21 heavy (non-hydrogen) atoms. The third kappa shape index (κ3) is 3.59. The van der Waals surface area contributed by atoms with Gasteiger partial charge in [-0.2, -0.15) is 0 Å². The van der Waals surface area contributed by atoms with Gasteiger partial charge in [-0.15, -0.1) is 5.10 Å². The first-order valence-electron chi connectivity index (χ1n) is 6.82. The van der Waals surface area contributed by atoms with Gasteiger partial charge >= 0.3 is 6.01 Å². The lowest BCUT2D eigenvalue weighted by Gasteiger charge is -2.03. The first-order chi connectivity index (χ1) is 10.2. The minimum atomic E-state index is -0.216. The van der Waals surface area contributed by atoms with E-state index >= 15 is 0 Å². The van der Waals surface area contributed by atoms with Gasteiger partial charge in [-0.25, -0.2) is 0 Å². The fraction of sp³-hybridized carbons (Fsp3) is 0.357. The van der Waals surface area contributed by atoms with Crippen molar-refractivity contribution in [2.75, 3.05) is 11.9 Å². The molecule has 0 aliphatic carbocycles. The molecule has 2 heterocycles. The van der Waals surface area contributed by atoms with Crippen LogP contribution in [0, 0.1) is 0 Å². The summed E-state index contributed by atoms with van der Waals surface area (Å²) < 4.78 is 5.46. The molecule has 1 aliphatic heterocycles. The van der Waals surface area contributed by atoms with Gasteiger partial charge in [-0.05, 0) is 37.1 Å². The smallest absolute Gasteiger partial charge is 0.322 e. The van der Waals surface area contributed by atoms with Gasteiger partial charge in [0.2, 0.25) is 11.8 Å². The normalized spacial score (nSPS) is 17.9. The molecule has 3 rings (SSSR count). The van der Waals surface area contributed by atoms with Gasteiger partial charge < -0.3 is 9.73 Å². The van der Waals surface area contributed by atoms with Crippen LogP contribution in [-0.4, -0.2) is 22.6 Å². The van der Waals surface area contributed by atoms with Gasteiger partial charge in [-0.1, -0.05) is 28.8 Å². The van der Waals surface area contributed by atoms with Crippen LogP contribution in [0.5, 0.6) is 0 Å². The molecule has 1 fully saturated rings. The average molecular weight is 307 g/mol. The standard InChI is InChI=1S/C14H15ClN4O2/c15-10-4-1-3-9(7-10)8-12(20)17-14-19-18-13(21-14)11-5-2-6-16-11/h1,3-4,7,11,16H,2,5-6,8H2,(H,17,19,20). The van der Waals surface area contributed by atoms with Crippen molar-refractivity contribution in [1.82, 2.24) is 15.5 Å². The number of benzene rings is 1. The molecule has 2 N–H and O–H groups in total. The highest BCUT2D eigenvalue weighted by molar-refractivity contribution is 6.30. The predicted octanol–water partition coefficient (Wildman–Crippen LogP) is 2.33. The van der Waals surface area contributed by atoms with Gasteiger partial charge in [0.25, 0.3) is 0 Å². The number of carbonyl (C=O) groups excluding carboxylic acids is 1. The van der Waals surface area contributed by atoms with Crippen molar-refractivity contribution in [2.45, 2.75) is 25.3 Å². The second-order valence-corrected chi connectivity index (χ2v) is 5.39. The Morgan fingerprint density at radius 2 is 2.38 bits per heavy atom. The SMILES string of the molecule is O=C(Cc1cccc(Cl)c1)Nc1nnc(C2CCCN2)o1. The van der Waals surface area contributed by atoms with Crippen LogP contribution in [0.1, 0.15) is 30.3 Å². The van der Waals surface area contributed by atoms with Crippen LogP contribution in [0.4, 0.5) is 6.01 Å². The third-order valence-corrected chi connectivity index (χ3v) is 3.53. The molecule has 1 aromatic carbocycles. The lowest BCUT2D eigenvalue weighted by Crippen LogP contribution is -2.14. The van der Waals surface area contributed by atoms with Gasteiger partial charge in [0.1, 0.15) is 0 Å². The number of anilines is 1. The highest BCUT2D eigenvalue weighted by atomic mass is 35.5. The summed E-state index contributed by atoms with van der Waals surface area (Å²) in [5.41, 5.74) is 0.831. The number of hydrogen-bond acceptors (Lipinski definition) is 5. The lowest BCUT2D eigenvalue weighted by atomic mass is 10.1. The third-order valence-electron chi connectivity index (χ3n) is 3.30. The van der Waals surface area contributed by atoms with Crippen LogP contribution in [-0.2, 0) is 11.2 Å². The van der Waals surface area contributed by atoms with Crippen LogP contribution in [0.2, 0.25) is 5.02 Å². The number of carbonyl (C=O) groups is 1.